The van der Waals surface area contributed by atoms with Crippen LogP contribution in [-0.2, 0) is 32.6 Å². The molecule has 7 nitrogen and oxygen atoms in total. The molecule has 0 amide bonds. The summed E-state index contributed by atoms with van der Waals surface area (Å²) in [6, 6.07) is 4.21. The molecule has 1 aromatic carbocycles. The van der Waals surface area contributed by atoms with Crippen molar-refractivity contribution in [1.29, 1.82) is 0 Å². The molecule has 0 aliphatic heterocycles. The average molecular weight is 449 g/mol. The number of halogens is 2. The van der Waals surface area contributed by atoms with Crippen LogP contribution in [0, 0.1) is 0 Å². The van der Waals surface area contributed by atoms with Crippen LogP contribution in [0.1, 0.15) is 44.6 Å². The second kappa shape index (κ2) is 9.15. The largest absolute Gasteiger partial charge is 0.469 e. The molecule has 0 fully saturated rings. The van der Waals surface area contributed by atoms with Crippen molar-refractivity contribution in [3.8, 4) is 5.75 Å². The Kier molecular flexibility index (Phi) is 7.36. The second-order valence-corrected chi connectivity index (χ2v) is 8.67. The van der Waals surface area contributed by atoms with Gasteiger partial charge in [0.1, 0.15) is 11.6 Å². The molecule has 0 bridgehead atoms. The van der Waals surface area contributed by atoms with Gasteiger partial charge in [0.25, 0.3) is 0 Å². The van der Waals surface area contributed by atoms with E-state index in [0.29, 0.717) is 18.1 Å². The minimum atomic E-state index is -4.22. The number of aryl methyl sites for hydroxylation is 1. The highest BCUT2D eigenvalue weighted by molar-refractivity contribution is 7.87. The first-order valence-corrected chi connectivity index (χ1v) is 10.8. The number of carbonyl (C=O) groups excluding carboxylic acids is 1. The summed E-state index contributed by atoms with van der Waals surface area (Å²) < 4.78 is 37.6. The quantitative estimate of drug-likeness (QED) is 0.443. The van der Waals surface area contributed by atoms with E-state index in [0.717, 1.165) is 0 Å². The summed E-state index contributed by atoms with van der Waals surface area (Å²) in [6.07, 6.45) is 0.341. The first kappa shape index (κ1) is 22.5. The van der Waals surface area contributed by atoms with Gasteiger partial charge in [0.2, 0.25) is 0 Å². The summed E-state index contributed by atoms with van der Waals surface area (Å²) in [5, 5.41) is 0.468. The lowest BCUT2D eigenvalue weighted by Crippen LogP contribution is -2.18. The van der Waals surface area contributed by atoms with Gasteiger partial charge in [-0.1, -0.05) is 37.0 Å². The van der Waals surface area contributed by atoms with Crippen molar-refractivity contribution in [3.63, 3.8) is 0 Å². The summed E-state index contributed by atoms with van der Waals surface area (Å²) in [7, 11) is -2.92. The Morgan fingerprint density at radius 1 is 1.21 bits per heavy atom. The molecule has 2 rings (SSSR count). The van der Waals surface area contributed by atoms with Crippen LogP contribution in [0.15, 0.2) is 23.2 Å². The van der Waals surface area contributed by atoms with Crippen molar-refractivity contribution in [2.45, 2.75) is 51.1 Å². The average Bonchev–Trinajstić information content (AvgIpc) is 2.98. The van der Waals surface area contributed by atoms with Gasteiger partial charge in [-0.25, -0.2) is 4.98 Å². The Morgan fingerprint density at radius 2 is 1.82 bits per heavy atom. The number of aromatic nitrogens is 2. The minimum Gasteiger partial charge on any atom is -0.469 e. The maximum Gasteiger partial charge on any atom is 0.357 e. The van der Waals surface area contributed by atoms with E-state index in [1.165, 1.54) is 25.3 Å². The normalized spacial score (nSPS) is 11.7. The zero-order valence-electron chi connectivity index (χ0n) is 16.0. The topological polar surface area (TPSA) is 87.5 Å². The summed E-state index contributed by atoms with van der Waals surface area (Å²) in [5.74, 6) is -0.0953. The molecule has 0 aliphatic carbocycles. The van der Waals surface area contributed by atoms with Crippen molar-refractivity contribution < 1.29 is 22.1 Å². The molecule has 0 N–H and O–H groups in total. The van der Waals surface area contributed by atoms with Gasteiger partial charge in [0.05, 0.1) is 19.2 Å². The maximum absolute atomic E-state index is 13.1. The molecule has 28 heavy (non-hydrogen) atoms. The number of methoxy groups -OCH3 is 1. The molecule has 0 unspecified atom stereocenters. The molecule has 154 valence electrons. The van der Waals surface area contributed by atoms with Crippen LogP contribution >= 0.6 is 23.2 Å². The van der Waals surface area contributed by atoms with Crippen molar-refractivity contribution >= 4 is 39.3 Å². The molecule has 0 saturated carbocycles. The Labute approximate surface area is 174 Å². The first-order valence-electron chi connectivity index (χ1n) is 8.65. The fourth-order valence-corrected chi connectivity index (χ4v) is 4.69. The molecule has 1 heterocycles. The lowest BCUT2D eigenvalue weighted by Gasteiger charge is -2.13. The lowest BCUT2D eigenvalue weighted by atomic mass is 10.1. The Balaban J connectivity index is 2.51. The van der Waals surface area contributed by atoms with Crippen LogP contribution in [-0.4, -0.2) is 31.0 Å². The highest BCUT2D eigenvalue weighted by Gasteiger charge is 2.31. The van der Waals surface area contributed by atoms with E-state index in [2.05, 4.69) is 9.72 Å². The zero-order chi connectivity index (χ0) is 21.1. The monoisotopic (exact) mass is 448 g/mol. The molecule has 10 heteroatoms. The van der Waals surface area contributed by atoms with Gasteiger partial charge in [-0.2, -0.15) is 8.42 Å². The molecule has 0 radical (unpaired) electrons. The predicted octanol–water partition coefficient (Wildman–Crippen LogP) is 4.21. The van der Waals surface area contributed by atoms with E-state index in [1.807, 2.05) is 13.8 Å². The molecule has 0 saturated heterocycles. The summed E-state index contributed by atoms with van der Waals surface area (Å²) in [6.45, 7) is 5.80. The molecular formula is C18H22Cl2N2O5S. The van der Waals surface area contributed by atoms with Crippen LogP contribution in [0.4, 0.5) is 0 Å². The van der Waals surface area contributed by atoms with E-state index in [-0.39, 0.29) is 39.6 Å². The van der Waals surface area contributed by atoms with Gasteiger partial charge in [-0.15, -0.1) is 0 Å². The standard InChI is InChI=1S/C18H22Cl2N2O5S/c1-5-22-15(6-7-16(23)26-4)21-17(11(2)3)18(22)28(24,25)27-14-9-12(19)8-13(20)10-14/h8-11H,5-7H2,1-4H3. The SMILES string of the molecule is CCn1c(CCC(=O)OC)nc(C(C)C)c1S(=O)(=O)Oc1cc(Cl)cc(Cl)c1. The molecule has 0 aliphatic rings. The zero-order valence-corrected chi connectivity index (χ0v) is 18.4. The second-order valence-electron chi connectivity index (χ2n) is 6.34. The van der Waals surface area contributed by atoms with Crippen molar-refractivity contribution in [3.05, 3.63) is 39.8 Å². The third-order valence-corrected chi connectivity index (χ3v) is 5.70. The van der Waals surface area contributed by atoms with E-state index < -0.39 is 16.1 Å². The van der Waals surface area contributed by atoms with Crippen molar-refractivity contribution in [2.75, 3.05) is 7.11 Å². The predicted molar refractivity (Wildman–Crippen MR) is 107 cm³/mol. The Hall–Kier alpha value is -1.77. The molecule has 0 atom stereocenters. The van der Waals surface area contributed by atoms with Crippen molar-refractivity contribution in [1.82, 2.24) is 9.55 Å². The van der Waals surface area contributed by atoms with Gasteiger partial charge in [0.15, 0.2) is 5.03 Å². The van der Waals surface area contributed by atoms with E-state index in [1.54, 1.807) is 11.5 Å². The third-order valence-electron chi connectivity index (χ3n) is 3.95. The fourth-order valence-electron chi connectivity index (χ4n) is 2.72. The van der Waals surface area contributed by atoms with Gasteiger partial charge in [-0.05, 0) is 18.9 Å². The third kappa shape index (κ3) is 5.18. The number of nitrogens with zero attached hydrogens (tertiary/aromatic N) is 2. The number of carbonyl (C=O) groups is 1. The molecule has 0 spiro atoms. The van der Waals surface area contributed by atoms with Crippen LogP contribution < -0.4 is 4.18 Å². The minimum absolute atomic E-state index is 0.00664. The van der Waals surface area contributed by atoms with E-state index >= 15 is 0 Å². The lowest BCUT2D eigenvalue weighted by molar-refractivity contribution is -0.140. The van der Waals surface area contributed by atoms with Crippen LogP contribution in [0.2, 0.25) is 10.0 Å². The Morgan fingerprint density at radius 3 is 2.32 bits per heavy atom. The van der Waals surface area contributed by atoms with Gasteiger partial charge in [-0.3, -0.25) is 4.79 Å². The van der Waals surface area contributed by atoms with Gasteiger partial charge < -0.3 is 13.5 Å². The molecule has 2 aromatic rings. The van der Waals surface area contributed by atoms with Crippen LogP contribution in [0.5, 0.6) is 5.75 Å². The van der Waals surface area contributed by atoms with Crippen LogP contribution in [0.3, 0.4) is 0 Å². The van der Waals surface area contributed by atoms with E-state index in [9.17, 15) is 13.2 Å². The number of rotatable bonds is 8. The number of benzene rings is 1. The summed E-state index contributed by atoms with van der Waals surface area (Å²) in [4.78, 5) is 16.0. The highest BCUT2D eigenvalue weighted by Crippen LogP contribution is 2.30. The smallest absolute Gasteiger partial charge is 0.357 e. The summed E-state index contributed by atoms with van der Waals surface area (Å²) in [5.41, 5.74) is 0.370. The summed E-state index contributed by atoms with van der Waals surface area (Å²) >= 11 is 11.9. The fraction of sp³-hybridized carbons (Fsp3) is 0.444. The van der Waals surface area contributed by atoms with Crippen LogP contribution in [0.25, 0.3) is 0 Å². The number of hydrogen-bond acceptors (Lipinski definition) is 6. The maximum atomic E-state index is 13.1. The first-order chi connectivity index (χ1) is 13.1. The number of ether oxygens (including phenoxy) is 1. The van der Waals surface area contributed by atoms with Crippen molar-refractivity contribution in [2.24, 2.45) is 0 Å². The van der Waals surface area contributed by atoms with E-state index in [4.69, 9.17) is 27.4 Å². The highest BCUT2D eigenvalue weighted by atomic mass is 35.5. The molecule has 1 aromatic heterocycles. The number of esters is 1. The number of hydrogen-bond donors (Lipinski definition) is 0. The van der Waals surface area contributed by atoms with Gasteiger partial charge >= 0.3 is 16.1 Å². The number of imidazole rings is 1. The Bertz CT molecular complexity index is 950. The molecular weight excluding hydrogens is 427 g/mol. The van der Waals surface area contributed by atoms with Gasteiger partial charge in [0, 0.05) is 35.1 Å².